The molecule has 2 aromatic heterocycles. The van der Waals surface area contributed by atoms with Gasteiger partial charge >= 0.3 is 0 Å². The van der Waals surface area contributed by atoms with Crippen molar-refractivity contribution in [3.05, 3.63) is 17.5 Å². The quantitative estimate of drug-likeness (QED) is 0.533. The number of nitrogens with zero attached hydrogens (tertiary/aromatic N) is 3. The van der Waals surface area contributed by atoms with Gasteiger partial charge in [0, 0.05) is 11.4 Å². The van der Waals surface area contributed by atoms with E-state index in [2.05, 4.69) is 16.9 Å². The van der Waals surface area contributed by atoms with Gasteiger partial charge in [-0.3, -0.25) is 0 Å². The van der Waals surface area contributed by atoms with E-state index in [1.807, 2.05) is 0 Å². The number of aromatic nitrogens is 3. The van der Waals surface area contributed by atoms with Crippen molar-refractivity contribution in [2.75, 3.05) is 0 Å². The van der Waals surface area contributed by atoms with Gasteiger partial charge in [0.2, 0.25) is 0 Å². The summed E-state index contributed by atoms with van der Waals surface area (Å²) >= 11 is 0. The van der Waals surface area contributed by atoms with E-state index >= 15 is 0 Å². The first-order valence-corrected chi connectivity index (χ1v) is 2.80. The average Bonchev–Trinajstić information content (AvgIpc) is 2.40. The number of aromatic hydroxyl groups is 1. The number of rotatable bonds is 0. The maximum absolute atomic E-state index is 9.05. The molecule has 0 bridgehead atoms. The second-order valence-electron chi connectivity index (χ2n) is 2.05. The Hall–Kier alpha value is -1.58. The molecule has 0 radical (unpaired) electrons. The number of fused-ring (bicyclic) bond motifs is 1. The largest absolute Gasteiger partial charge is 0.491 e. The predicted molar refractivity (Wildman–Crippen MR) is 35.4 cm³/mol. The molecule has 2 heterocycles. The van der Waals surface area contributed by atoms with Crippen LogP contribution in [0.25, 0.3) is 12.1 Å². The van der Waals surface area contributed by atoms with Crippen molar-refractivity contribution in [2.24, 2.45) is 0 Å². The number of hydrogen-bond acceptors (Lipinski definition) is 3. The molecular formula is C6H5N3O. The first-order chi connectivity index (χ1) is 4.79. The highest BCUT2D eigenvalue weighted by Crippen LogP contribution is 2.07. The molecule has 10 heavy (non-hydrogen) atoms. The van der Waals surface area contributed by atoms with E-state index in [-0.39, 0.29) is 5.88 Å². The molecule has 0 aliphatic rings. The molecule has 4 heteroatoms. The van der Waals surface area contributed by atoms with E-state index in [9.17, 15) is 0 Å². The Morgan fingerprint density at radius 1 is 1.60 bits per heavy atom. The van der Waals surface area contributed by atoms with Crippen LogP contribution in [0.1, 0.15) is 0 Å². The summed E-state index contributed by atoms with van der Waals surface area (Å²) in [5.74, 6) is -0.0602. The summed E-state index contributed by atoms with van der Waals surface area (Å²) in [6, 6.07) is 1.77. The Bertz CT molecular complexity index is 406. The van der Waals surface area contributed by atoms with Crippen LogP contribution in [0.3, 0.4) is 0 Å². The molecule has 0 aromatic carbocycles. The molecule has 0 amide bonds. The van der Waals surface area contributed by atoms with E-state index in [4.69, 9.17) is 5.11 Å². The van der Waals surface area contributed by atoms with Crippen LogP contribution in [0.15, 0.2) is 12.3 Å². The van der Waals surface area contributed by atoms with Gasteiger partial charge in [-0.25, -0.2) is 4.52 Å². The fraction of sp³-hybridized carbons (Fsp3) is 0. The molecule has 0 unspecified atom stereocenters. The summed E-state index contributed by atoms with van der Waals surface area (Å²) in [6.45, 7) is 3.68. The highest BCUT2D eigenvalue weighted by Gasteiger charge is 2.03. The Morgan fingerprint density at radius 3 is 3.10 bits per heavy atom. The molecule has 0 saturated heterocycles. The molecule has 2 aromatic rings. The number of hydrogen-bond donors (Lipinski definition) is 1. The molecule has 0 saturated carbocycles. The van der Waals surface area contributed by atoms with Gasteiger partial charge in [-0.15, -0.1) is 0 Å². The van der Waals surface area contributed by atoms with Gasteiger partial charge in [-0.05, 0) is 6.07 Å². The van der Waals surface area contributed by atoms with Gasteiger partial charge in [0.15, 0.2) is 0 Å². The molecule has 4 nitrogen and oxygen atoms in total. The molecule has 50 valence electrons. The predicted octanol–water partition coefficient (Wildman–Crippen LogP) is -0.436. The van der Waals surface area contributed by atoms with Gasteiger partial charge in [0.05, 0.1) is 0 Å². The summed E-state index contributed by atoms with van der Waals surface area (Å²) in [5, 5.41) is 16.8. The average molecular weight is 135 g/mol. The molecule has 0 atom stereocenters. The molecule has 1 N–H and O–H groups in total. The fourth-order valence-corrected chi connectivity index (χ4v) is 0.920. The van der Waals surface area contributed by atoms with Gasteiger partial charge in [-0.1, -0.05) is 16.9 Å². The third-order valence-electron chi connectivity index (χ3n) is 1.40. The second-order valence-corrected chi connectivity index (χ2v) is 2.05. The molecule has 0 spiro atoms. The van der Waals surface area contributed by atoms with Crippen LogP contribution < -0.4 is 5.22 Å². The Labute approximate surface area is 56.4 Å². The van der Waals surface area contributed by atoms with Crippen LogP contribution in [0.4, 0.5) is 0 Å². The van der Waals surface area contributed by atoms with Crippen LogP contribution in [0.5, 0.6) is 5.88 Å². The molecule has 2 rings (SSSR count). The van der Waals surface area contributed by atoms with Crippen LogP contribution in [-0.4, -0.2) is 19.9 Å². The molecule has 0 aliphatic heterocycles. The van der Waals surface area contributed by atoms with E-state index in [1.54, 1.807) is 12.3 Å². The lowest BCUT2D eigenvalue weighted by atomic mass is 10.4. The maximum atomic E-state index is 9.05. The van der Waals surface area contributed by atoms with E-state index in [0.29, 0.717) is 5.52 Å². The van der Waals surface area contributed by atoms with Crippen molar-refractivity contribution in [1.82, 2.24) is 14.8 Å². The zero-order chi connectivity index (χ0) is 7.14. The third-order valence-corrected chi connectivity index (χ3v) is 1.40. The van der Waals surface area contributed by atoms with Crippen molar-refractivity contribution >= 4 is 12.1 Å². The Balaban J connectivity index is 3.12. The van der Waals surface area contributed by atoms with Crippen LogP contribution >= 0.6 is 0 Å². The fourth-order valence-electron chi connectivity index (χ4n) is 0.920. The minimum absolute atomic E-state index is 0.0602. The van der Waals surface area contributed by atoms with Crippen molar-refractivity contribution in [2.45, 2.75) is 0 Å². The molecular weight excluding hydrogens is 130 g/mol. The normalized spacial score (nSPS) is 10.8. The summed E-state index contributed by atoms with van der Waals surface area (Å²) in [5.41, 5.74) is 0.583. The highest BCUT2D eigenvalue weighted by atomic mass is 16.3. The standard InChI is InChI=1S/C6H5N3O/c1-4-2-3-9-5(4)6(10)7-8-9/h2-3,10H,1H2. The lowest BCUT2D eigenvalue weighted by molar-refractivity contribution is 0.457. The van der Waals surface area contributed by atoms with E-state index < -0.39 is 0 Å². The smallest absolute Gasteiger partial charge is 0.259 e. The minimum atomic E-state index is -0.0602. The summed E-state index contributed by atoms with van der Waals surface area (Å²) in [6.07, 6.45) is 1.70. The van der Waals surface area contributed by atoms with Crippen LogP contribution in [0, 0.1) is 0 Å². The first-order valence-electron chi connectivity index (χ1n) is 2.80. The second kappa shape index (κ2) is 1.47. The van der Waals surface area contributed by atoms with Crippen LogP contribution in [-0.2, 0) is 0 Å². The molecule has 0 fully saturated rings. The lowest BCUT2D eigenvalue weighted by Crippen LogP contribution is -1.90. The SMILES string of the molecule is C=c1ccn2nnc(O)c12. The van der Waals surface area contributed by atoms with Gasteiger partial charge < -0.3 is 5.11 Å². The zero-order valence-corrected chi connectivity index (χ0v) is 5.15. The van der Waals surface area contributed by atoms with Crippen molar-refractivity contribution in [1.29, 1.82) is 0 Å². The maximum Gasteiger partial charge on any atom is 0.259 e. The van der Waals surface area contributed by atoms with Crippen molar-refractivity contribution in [3.63, 3.8) is 0 Å². The third kappa shape index (κ3) is 0.452. The van der Waals surface area contributed by atoms with E-state index in [0.717, 1.165) is 5.22 Å². The van der Waals surface area contributed by atoms with Crippen molar-refractivity contribution in [3.8, 4) is 5.88 Å². The van der Waals surface area contributed by atoms with E-state index in [1.165, 1.54) is 4.52 Å². The topological polar surface area (TPSA) is 50.4 Å². The zero-order valence-electron chi connectivity index (χ0n) is 5.15. The lowest BCUT2D eigenvalue weighted by Gasteiger charge is -1.76. The van der Waals surface area contributed by atoms with Crippen molar-refractivity contribution < 1.29 is 5.11 Å². The Morgan fingerprint density at radius 2 is 2.40 bits per heavy atom. The summed E-state index contributed by atoms with van der Waals surface area (Å²) in [7, 11) is 0. The summed E-state index contributed by atoms with van der Waals surface area (Å²) < 4.78 is 1.48. The van der Waals surface area contributed by atoms with Crippen LogP contribution in [0.2, 0.25) is 0 Å². The van der Waals surface area contributed by atoms with Gasteiger partial charge in [-0.2, -0.15) is 0 Å². The van der Waals surface area contributed by atoms with Gasteiger partial charge in [0.1, 0.15) is 5.52 Å². The Kier molecular flexibility index (Phi) is 0.768. The monoisotopic (exact) mass is 135 g/mol. The minimum Gasteiger partial charge on any atom is -0.491 e. The summed E-state index contributed by atoms with van der Waals surface area (Å²) in [4.78, 5) is 0. The molecule has 0 aliphatic carbocycles. The highest BCUT2D eigenvalue weighted by molar-refractivity contribution is 5.56. The van der Waals surface area contributed by atoms with Gasteiger partial charge in [0.25, 0.3) is 5.88 Å². The first kappa shape index (κ1) is 5.22.